The molecule has 0 saturated carbocycles. The highest BCUT2D eigenvalue weighted by Crippen LogP contribution is 2.20. The Bertz CT molecular complexity index is 687. The predicted molar refractivity (Wildman–Crippen MR) is 87.0 cm³/mol. The van der Waals surface area contributed by atoms with Crippen LogP contribution in [0.25, 0.3) is 6.08 Å². The molecule has 0 spiro atoms. The number of hydrogen-bond donors (Lipinski definition) is 1. The van der Waals surface area contributed by atoms with Crippen LogP contribution in [-0.2, 0) is 14.3 Å². The second-order valence-electron chi connectivity index (χ2n) is 4.22. The lowest BCUT2D eigenvalue weighted by molar-refractivity contribution is -0.142. The van der Waals surface area contributed by atoms with Crippen molar-refractivity contribution in [1.82, 2.24) is 4.98 Å². The third-order valence-electron chi connectivity index (χ3n) is 2.57. The highest BCUT2D eigenvalue weighted by Gasteiger charge is 2.07. The van der Waals surface area contributed by atoms with Crippen molar-refractivity contribution in [2.75, 3.05) is 11.9 Å². The Balaban J connectivity index is 1.80. The summed E-state index contributed by atoms with van der Waals surface area (Å²) in [6.07, 6.45) is 4.37. The lowest BCUT2D eigenvalue weighted by Crippen LogP contribution is -2.20. The molecular weight excluding hydrogens is 348 g/mol. The summed E-state index contributed by atoms with van der Waals surface area (Å²) in [6.45, 7) is -0.354. The van der Waals surface area contributed by atoms with Crippen LogP contribution in [-0.4, -0.2) is 23.5 Å². The summed E-state index contributed by atoms with van der Waals surface area (Å²) < 4.78 is 5.61. The minimum absolute atomic E-state index is 0.354. The first-order chi connectivity index (χ1) is 10.6. The summed E-state index contributed by atoms with van der Waals surface area (Å²) in [5.74, 6) is -1.01. The third-order valence-corrected chi connectivity index (χ3v) is 3.26. The molecule has 1 N–H and O–H groups in total. The van der Waals surface area contributed by atoms with Gasteiger partial charge in [0.05, 0.1) is 11.4 Å². The third kappa shape index (κ3) is 5.14. The first kappa shape index (κ1) is 15.9. The number of aromatic nitrogens is 1. The maximum absolute atomic E-state index is 11.7. The van der Waals surface area contributed by atoms with Gasteiger partial charge in [0.15, 0.2) is 6.61 Å². The number of carbonyl (C=O) groups is 2. The van der Waals surface area contributed by atoms with E-state index in [1.807, 2.05) is 12.1 Å². The van der Waals surface area contributed by atoms with Gasteiger partial charge < -0.3 is 10.1 Å². The zero-order valence-electron chi connectivity index (χ0n) is 11.5. The molecule has 6 heteroatoms. The quantitative estimate of drug-likeness (QED) is 0.657. The van der Waals surface area contributed by atoms with Crippen molar-refractivity contribution in [2.45, 2.75) is 0 Å². The number of ether oxygens (including phenoxy) is 1. The number of nitrogens with zero attached hydrogens (tertiary/aromatic N) is 1. The fourth-order valence-electron chi connectivity index (χ4n) is 1.56. The lowest BCUT2D eigenvalue weighted by Gasteiger charge is -2.06. The van der Waals surface area contributed by atoms with E-state index in [9.17, 15) is 9.59 Å². The number of nitrogens with one attached hydrogen (secondary N) is 1. The molecule has 112 valence electrons. The summed E-state index contributed by atoms with van der Waals surface area (Å²) in [5.41, 5.74) is 1.25. The Kier molecular flexibility index (Phi) is 5.85. The lowest BCUT2D eigenvalue weighted by atomic mass is 10.3. The van der Waals surface area contributed by atoms with Gasteiger partial charge in [0, 0.05) is 16.7 Å². The predicted octanol–water partition coefficient (Wildman–Crippen LogP) is 3.04. The average Bonchev–Trinajstić information content (AvgIpc) is 2.54. The number of benzene rings is 1. The molecular formula is C16H13BrN2O3. The fraction of sp³-hybridized carbons (Fsp3) is 0.0625. The van der Waals surface area contributed by atoms with E-state index in [1.54, 1.807) is 36.5 Å². The van der Waals surface area contributed by atoms with E-state index in [4.69, 9.17) is 4.74 Å². The van der Waals surface area contributed by atoms with E-state index in [0.717, 1.165) is 4.47 Å². The van der Waals surface area contributed by atoms with E-state index in [0.29, 0.717) is 11.4 Å². The number of esters is 1. The molecule has 0 aliphatic carbocycles. The summed E-state index contributed by atoms with van der Waals surface area (Å²) >= 11 is 3.31. The standard InChI is InChI=1S/C16H13BrN2O3/c17-13-6-1-2-7-14(13)19-15(20)11-22-16(21)9-8-12-5-3-4-10-18-12/h1-10H,11H2,(H,19,20). The number of amides is 1. The van der Waals surface area contributed by atoms with Crippen molar-refractivity contribution in [1.29, 1.82) is 0 Å². The number of pyridine rings is 1. The first-order valence-electron chi connectivity index (χ1n) is 6.45. The van der Waals surface area contributed by atoms with Gasteiger partial charge in [-0.3, -0.25) is 9.78 Å². The maximum Gasteiger partial charge on any atom is 0.331 e. The monoisotopic (exact) mass is 360 g/mol. The molecule has 0 aliphatic heterocycles. The van der Waals surface area contributed by atoms with Crippen LogP contribution in [0, 0.1) is 0 Å². The summed E-state index contributed by atoms with van der Waals surface area (Å²) in [5, 5.41) is 2.64. The number of hydrogen-bond acceptors (Lipinski definition) is 4. The Morgan fingerprint density at radius 2 is 1.95 bits per heavy atom. The van der Waals surface area contributed by atoms with Crippen LogP contribution in [0.4, 0.5) is 5.69 Å². The van der Waals surface area contributed by atoms with Crippen molar-refractivity contribution in [3.63, 3.8) is 0 Å². The summed E-state index contributed by atoms with van der Waals surface area (Å²) in [7, 11) is 0. The van der Waals surface area contributed by atoms with Crippen LogP contribution in [0.15, 0.2) is 59.2 Å². The average molecular weight is 361 g/mol. The van der Waals surface area contributed by atoms with Crippen molar-refractivity contribution < 1.29 is 14.3 Å². The molecule has 2 aromatic rings. The van der Waals surface area contributed by atoms with Crippen molar-refractivity contribution in [2.24, 2.45) is 0 Å². The van der Waals surface area contributed by atoms with Gasteiger partial charge in [-0.1, -0.05) is 18.2 Å². The normalized spacial score (nSPS) is 10.4. The number of para-hydroxylation sites is 1. The van der Waals surface area contributed by atoms with E-state index < -0.39 is 11.9 Å². The molecule has 0 aliphatic rings. The second kappa shape index (κ2) is 8.09. The van der Waals surface area contributed by atoms with E-state index in [-0.39, 0.29) is 6.61 Å². The smallest absolute Gasteiger partial charge is 0.331 e. The van der Waals surface area contributed by atoms with Crippen molar-refractivity contribution >= 4 is 39.6 Å². The molecule has 0 radical (unpaired) electrons. The van der Waals surface area contributed by atoms with Crippen molar-refractivity contribution in [3.8, 4) is 0 Å². The van der Waals surface area contributed by atoms with Crippen LogP contribution in [0.2, 0.25) is 0 Å². The van der Waals surface area contributed by atoms with Crippen LogP contribution in [0.1, 0.15) is 5.69 Å². The highest BCUT2D eigenvalue weighted by atomic mass is 79.9. The molecule has 2 rings (SSSR count). The number of rotatable bonds is 5. The van der Waals surface area contributed by atoms with Gasteiger partial charge >= 0.3 is 5.97 Å². The first-order valence-corrected chi connectivity index (χ1v) is 7.25. The molecule has 5 nitrogen and oxygen atoms in total. The molecule has 0 fully saturated rings. The molecule has 1 heterocycles. The minimum Gasteiger partial charge on any atom is -0.452 e. The second-order valence-corrected chi connectivity index (χ2v) is 5.08. The molecule has 1 aromatic carbocycles. The maximum atomic E-state index is 11.7. The van der Waals surface area contributed by atoms with Gasteiger partial charge in [-0.15, -0.1) is 0 Å². The molecule has 0 bridgehead atoms. The van der Waals surface area contributed by atoms with E-state index in [1.165, 1.54) is 12.2 Å². The Hall–Kier alpha value is -2.47. The van der Waals surface area contributed by atoms with Crippen LogP contribution in [0.3, 0.4) is 0 Å². The van der Waals surface area contributed by atoms with Gasteiger partial charge in [0.25, 0.3) is 5.91 Å². The van der Waals surface area contributed by atoms with Gasteiger partial charge in [0.2, 0.25) is 0 Å². The number of anilines is 1. The van der Waals surface area contributed by atoms with Crippen LogP contribution >= 0.6 is 15.9 Å². The SMILES string of the molecule is O=C(COC(=O)C=Cc1ccccn1)Nc1ccccc1Br. The minimum atomic E-state index is -0.604. The van der Waals surface area contributed by atoms with Gasteiger partial charge in [-0.25, -0.2) is 4.79 Å². The summed E-state index contributed by atoms with van der Waals surface area (Å²) in [4.78, 5) is 27.2. The van der Waals surface area contributed by atoms with Crippen LogP contribution < -0.4 is 5.32 Å². The Morgan fingerprint density at radius 3 is 2.68 bits per heavy atom. The fourth-order valence-corrected chi connectivity index (χ4v) is 1.95. The van der Waals surface area contributed by atoms with E-state index >= 15 is 0 Å². The van der Waals surface area contributed by atoms with Crippen LogP contribution in [0.5, 0.6) is 0 Å². The molecule has 1 amide bonds. The molecule has 0 unspecified atom stereocenters. The topological polar surface area (TPSA) is 68.3 Å². The van der Waals surface area contributed by atoms with Gasteiger partial charge in [-0.2, -0.15) is 0 Å². The molecule has 0 saturated heterocycles. The number of carbonyl (C=O) groups excluding carboxylic acids is 2. The van der Waals surface area contributed by atoms with Gasteiger partial charge in [0.1, 0.15) is 0 Å². The zero-order valence-corrected chi connectivity index (χ0v) is 13.1. The molecule has 22 heavy (non-hydrogen) atoms. The Morgan fingerprint density at radius 1 is 1.18 bits per heavy atom. The summed E-state index contributed by atoms with van der Waals surface area (Å²) in [6, 6.07) is 12.5. The van der Waals surface area contributed by atoms with Crippen molar-refractivity contribution in [3.05, 3.63) is 64.9 Å². The number of halogens is 1. The van der Waals surface area contributed by atoms with Gasteiger partial charge in [-0.05, 0) is 46.3 Å². The largest absolute Gasteiger partial charge is 0.452 e. The highest BCUT2D eigenvalue weighted by molar-refractivity contribution is 9.10. The zero-order chi connectivity index (χ0) is 15.8. The molecule has 1 aromatic heterocycles. The molecule has 0 atom stereocenters. The Labute approximate surface area is 136 Å². The van der Waals surface area contributed by atoms with E-state index in [2.05, 4.69) is 26.2 Å².